The highest BCUT2D eigenvalue weighted by Gasteiger charge is 2.07. The molecule has 1 aromatic heterocycles. The lowest BCUT2D eigenvalue weighted by Crippen LogP contribution is -1.80. The van der Waals surface area contributed by atoms with Crippen LogP contribution in [0.5, 0.6) is 0 Å². The van der Waals surface area contributed by atoms with Crippen molar-refractivity contribution in [3.8, 4) is 11.8 Å². The molecule has 0 aliphatic rings. The van der Waals surface area contributed by atoms with Crippen LogP contribution in [0, 0.1) is 28.0 Å². The Balaban J connectivity index is 2.21. The van der Waals surface area contributed by atoms with E-state index in [1.165, 1.54) is 6.07 Å². The van der Waals surface area contributed by atoms with Crippen LogP contribution in [0.25, 0.3) is 0 Å². The van der Waals surface area contributed by atoms with E-state index in [9.17, 15) is 10.1 Å². The number of hydrogen-bond donors (Lipinski definition) is 0. The maximum Gasteiger partial charge on any atom is 0.325 e. The van der Waals surface area contributed by atoms with Crippen LogP contribution in [0.3, 0.4) is 0 Å². The Morgan fingerprint density at radius 3 is 2.75 bits per heavy atom. The Kier molecular flexibility index (Phi) is 2.99. The molecule has 0 saturated carbocycles. The van der Waals surface area contributed by atoms with Crippen molar-refractivity contribution in [1.29, 1.82) is 0 Å². The zero-order valence-corrected chi connectivity index (χ0v) is 8.95. The summed E-state index contributed by atoms with van der Waals surface area (Å²) in [5, 5.41) is 10.6. The molecule has 0 saturated heterocycles. The van der Waals surface area contributed by atoms with E-state index in [0.717, 1.165) is 16.9 Å². The van der Waals surface area contributed by atoms with Crippen LogP contribution >= 0.6 is 11.3 Å². The molecule has 1 aromatic carbocycles. The molecule has 1 radical (unpaired) electrons. The summed E-state index contributed by atoms with van der Waals surface area (Å²) in [6.07, 6.45) is 0. The van der Waals surface area contributed by atoms with E-state index >= 15 is 0 Å². The van der Waals surface area contributed by atoms with E-state index in [-0.39, 0.29) is 5.00 Å². The van der Waals surface area contributed by atoms with E-state index in [2.05, 4.69) is 17.9 Å². The zero-order valence-electron chi connectivity index (χ0n) is 8.14. The molecule has 0 N–H and O–H groups in total. The number of hydrogen-bond acceptors (Lipinski definition) is 3. The molecule has 0 amide bonds. The Bertz CT molecular complexity index is 563. The molecule has 0 bridgehead atoms. The Morgan fingerprint density at radius 1 is 1.25 bits per heavy atom. The minimum atomic E-state index is -0.412. The SMILES string of the molecule is O=[N+]([O-])c1ccc(C#Cc2[c]cccc2)s1. The molecule has 4 heteroatoms. The summed E-state index contributed by atoms with van der Waals surface area (Å²) >= 11 is 1.07. The van der Waals surface area contributed by atoms with Gasteiger partial charge >= 0.3 is 5.00 Å². The standard InChI is InChI=1S/C12H6NO2S/c14-13(15)12-9-8-11(16-12)7-6-10-4-2-1-3-5-10/h1-4,8-9H. The van der Waals surface area contributed by atoms with Gasteiger partial charge in [-0.25, -0.2) is 0 Å². The van der Waals surface area contributed by atoms with E-state index in [1.807, 2.05) is 18.2 Å². The molecule has 3 nitrogen and oxygen atoms in total. The molecular formula is C12H6NO2S. The second-order valence-corrected chi connectivity index (χ2v) is 3.98. The summed E-state index contributed by atoms with van der Waals surface area (Å²) in [7, 11) is 0. The maximum absolute atomic E-state index is 10.5. The summed E-state index contributed by atoms with van der Waals surface area (Å²) in [4.78, 5) is 10.7. The molecule has 0 fully saturated rings. The molecule has 0 unspecified atom stereocenters. The minimum Gasteiger partial charge on any atom is -0.258 e. The first-order chi connectivity index (χ1) is 7.75. The largest absolute Gasteiger partial charge is 0.325 e. The van der Waals surface area contributed by atoms with E-state index < -0.39 is 4.92 Å². The van der Waals surface area contributed by atoms with Crippen LogP contribution in [-0.2, 0) is 0 Å². The van der Waals surface area contributed by atoms with Crippen LogP contribution in [0.15, 0.2) is 36.4 Å². The molecule has 2 aromatic rings. The van der Waals surface area contributed by atoms with E-state index in [0.29, 0.717) is 4.88 Å². The second-order valence-electron chi connectivity index (χ2n) is 2.92. The third-order valence-corrected chi connectivity index (χ3v) is 2.75. The van der Waals surface area contributed by atoms with Gasteiger partial charge < -0.3 is 0 Å². The van der Waals surface area contributed by atoms with Gasteiger partial charge in [0, 0.05) is 11.6 Å². The molecule has 0 spiro atoms. The minimum absolute atomic E-state index is 0.112. The van der Waals surface area contributed by atoms with Crippen molar-refractivity contribution in [3.63, 3.8) is 0 Å². The second kappa shape index (κ2) is 4.60. The van der Waals surface area contributed by atoms with E-state index in [4.69, 9.17) is 0 Å². The van der Waals surface area contributed by atoms with Gasteiger partial charge in [-0.2, -0.15) is 0 Å². The highest BCUT2D eigenvalue weighted by Crippen LogP contribution is 2.22. The number of rotatable bonds is 1. The average molecular weight is 228 g/mol. The van der Waals surface area contributed by atoms with Crippen molar-refractivity contribution in [2.75, 3.05) is 0 Å². The molecule has 0 atom stereocenters. The molecule has 0 aliphatic heterocycles. The fourth-order valence-electron chi connectivity index (χ4n) is 1.09. The predicted molar refractivity (Wildman–Crippen MR) is 62.2 cm³/mol. The average Bonchev–Trinajstić information content (AvgIpc) is 2.76. The highest BCUT2D eigenvalue weighted by atomic mass is 32.1. The van der Waals surface area contributed by atoms with Crippen LogP contribution in [0.1, 0.15) is 10.4 Å². The quantitative estimate of drug-likeness (QED) is 0.428. The Morgan fingerprint density at radius 2 is 2.12 bits per heavy atom. The van der Waals surface area contributed by atoms with Crippen molar-refractivity contribution in [3.05, 3.63) is 63.0 Å². The van der Waals surface area contributed by atoms with Crippen LogP contribution in [-0.4, -0.2) is 4.92 Å². The van der Waals surface area contributed by atoms with Gasteiger partial charge in [0.05, 0.1) is 9.80 Å². The summed E-state index contributed by atoms with van der Waals surface area (Å²) in [6, 6.07) is 13.4. The number of nitro groups is 1. The van der Waals surface area contributed by atoms with Gasteiger partial charge in [-0.1, -0.05) is 41.4 Å². The molecule has 0 aliphatic carbocycles. The first-order valence-corrected chi connectivity index (χ1v) is 5.30. The first kappa shape index (κ1) is 10.4. The smallest absolute Gasteiger partial charge is 0.258 e. The summed E-state index contributed by atoms with van der Waals surface area (Å²) in [5.74, 6) is 5.76. The maximum atomic E-state index is 10.5. The summed E-state index contributed by atoms with van der Waals surface area (Å²) in [6.45, 7) is 0. The fraction of sp³-hybridized carbons (Fsp3) is 0. The van der Waals surface area contributed by atoms with Crippen molar-refractivity contribution in [2.45, 2.75) is 0 Å². The van der Waals surface area contributed by atoms with Gasteiger partial charge in [0.1, 0.15) is 0 Å². The molecule has 1 heterocycles. The highest BCUT2D eigenvalue weighted by molar-refractivity contribution is 7.15. The van der Waals surface area contributed by atoms with Crippen molar-refractivity contribution in [2.24, 2.45) is 0 Å². The van der Waals surface area contributed by atoms with Gasteiger partial charge in [0.2, 0.25) is 0 Å². The van der Waals surface area contributed by atoms with Crippen molar-refractivity contribution in [1.82, 2.24) is 0 Å². The van der Waals surface area contributed by atoms with Crippen LogP contribution in [0.4, 0.5) is 5.00 Å². The number of thiophene rings is 1. The zero-order chi connectivity index (χ0) is 11.4. The summed E-state index contributed by atoms with van der Waals surface area (Å²) < 4.78 is 0. The third kappa shape index (κ3) is 2.47. The monoisotopic (exact) mass is 228 g/mol. The Labute approximate surface area is 96.5 Å². The number of nitrogens with zero attached hydrogens (tertiary/aromatic N) is 1. The van der Waals surface area contributed by atoms with Crippen molar-refractivity contribution >= 4 is 16.3 Å². The molecule has 2 rings (SSSR count). The van der Waals surface area contributed by atoms with Crippen LogP contribution < -0.4 is 0 Å². The summed E-state index contributed by atoms with van der Waals surface area (Å²) in [5.41, 5.74) is 0.776. The third-order valence-electron chi connectivity index (χ3n) is 1.80. The molecule has 77 valence electrons. The number of benzene rings is 1. The molecule has 16 heavy (non-hydrogen) atoms. The van der Waals surface area contributed by atoms with Gasteiger partial charge in [-0.15, -0.1) is 0 Å². The lowest BCUT2D eigenvalue weighted by Gasteiger charge is -1.84. The first-order valence-electron chi connectivity index (χ1n) is 4.49. The van der Waals surface area contributed by atoms with Crippen LogP contribution in [0.2, 0.25) is 0 Å². The van der Waals surface area contributed by atoms with Gasteiger partial charge in [-0.3, -0.25) is 10.1 Å². The lowest BCUT2D eigenvalue weighted by molar-refractivity contribution is -0.380. The van der Waals surface area contributed by atoms with E-state index in [1.54, 1.807) is 12.1 Å². The van der Waals surface area contributed by atoms with Crippen molar-refractivity contribution < 1.29 is 4.92 Å². The predicted octanol–water partition coefficient (Wildman–Crippen LogP) is 2.86. The lowest BCUT2D eigenvalue weighted by atomic mass is 10.2. The normalized spacial score (nSPS) is 9.25. The van der Waals surface area contributed by atoms with Gasteiger partial charge in [0.25, 0.3) is 0 Å². The Hall–Kier alpha value is -2.12. The van der Waals surface area contributed by atoms with Gasteiger partial charge in [0.15, 0.2) is 0 Å². The van der Waals surface area contributed by atoms with Gasteiger partial charge in [-0.05, 0) is 18.2 Å². The fourth-order valence-corrected chi connectivity index (χ4v) is 1.77. The molecular weight excluding hydrogens is 222 g/mol. The topological polar surface area (TPSA) is 43.1 Å².